The summed E-state index contributed by atoms with van der Waals surface area (Å²) in [5.74, 6) is 0. The fourth-order valence-corrected chi connectivity index (χ4v) is 2.31. The lowest BCUT2D eigenvalue weighted by Gasteiger charge is -2.01. The van der Waals surface area contributed by atoms with Crippen molar-refractivity contribution in [1.82, 2.24) is 9.38 Å². The second-order valence-electron chi connectivity index (χ2n) is 3.31. The summed E-state index contributed by atoms with van der Waals surface area (Å²) >= 11 is 1.63. The van der Waals surface area contributed by atoms with E-state index in [4.69, 9.17) is 5.73 Å². The number of thiazole rings is 1. The van der Waals surface area contributed by atoms with Gasteiger partial charge in [-0.1, -0.05) is 0 Å². The van der Waals surface area contributed by atoms with Crippen molar-refractivity contribution in [2.45, 2.75) is 20.0 Å². The van der Waals surface area contributed by atoms with Crippen LogP contribution in [0.15, 0.2) is 6.20 Å². The number of aryl methyl sites for hydroxylation is 2. The molecule has 0 saturated carbocycles. The van der Waals surface area contributed by atoms with E-state index in [2.05, 4.69) is 11.9 Å². The summed E-state index contributed by atoms with van der Waals surface area (Å²) in [5.41, 5.74) is 7.20. The first-order chi connectivity index (χ1) is 6.63. The zero-order valence-electron chi connectivity index (χ0n) is 8.19. The molecule has 0 saturated heterocycles. The molecule has 0 spiro atoms. The molecule has 76 valence electrons. The van der Waals surface area contributed by atoms with Crippen molar-refractivity contribution < 1.29 is 5.11 Å². The molecular formula is C9H13N3OS. The molecule has 0 radical (unpaired) electrons. The topological polar surface area (TPSA) is 63.5 Å². The molecule has 14 heavy (non-hydrogen) atoms. The highest BCUT2D eigenvalue weighted by molar-refractivity contribution is 7.17. The lowest BCUT2D eigenvalue weighted by Crippen LogP contribution is -2.11. The smallest absolute Gasteiger partial charge is 0.194 e. The van der Waals surface area contributed by atoms with Crippen molar-refractivity contribution in [2.24, 2.45) is 5.73 Å². The number of aliphatic hydroxyl groups is 1. The molecule has 1 atom stereocenters. The van der Waals surface area contributed by atoms with E-state index in [1.807, 2.05) is 17.5 Å². The van der Waals surface area contributed by atoms with Gasteiger partial charge in [-0.05, 0) is 13.8 Å². The molecule has 0 bridgehead atoms. The summed E-state index contributed by atoms with van der Waals surface area (Å²) in [5, 5.41) is 9.51. The summed E-state index contributed by atoms with van der Waals surface area (Å²) in [4.78, 5) is 6.49. The van der Waals surface area contributed by atoms with Crippen LogP contribution in [0.5, 0.6) is 0 Å². The number of hydrogen-bond acceptors (Lipinski definition) is 4. The van der Waals surface area contributed by atoms with Crippen LogP contribution in [0, 0.1) is 13.8 Å². The van der Waals surface area contributed by atoms with Crippen molar-refractivity contribution in [3.63, 3.8) is 0 Å². The predicted octanol–water partition coefficient (Wildman–Crippen LogP) is 1.00. The van der Waals surface area contributed by atoms with E-state index < -0.39 is 6.10 Å². The van der Waals surface area contributed by atoms with E-state index >= 15 is 0 Å². The van der Waals surface area contributed by atoms with E-state index in [9.17, 15) is 5.11 Å². The maximum Gasteiger partial charge on any atom is 0.194 e. The highest BCUT2D eigenvalue weighted by Gasteiger charge is 2.13. The van der Waals surface area contributed by atoms with Crippen LogP contribution in [0.25, 0.3) is 4.96 Å². The van der Waals surface area contributed by atoms with Crippen LogP contribution in [0.1, 0.15) is 22.4 Å². The van der Waals surface area contributed by atoms with Gasteiger partial charge < -0.3 is 10.8 Å². The molecule has 0 aromatic carbocycles. The number of fused-ring (bicyclic) bond motifs is 1. The first-order valence-corrected chi connectivity index (χ1v) is 5.28. The molecule has 0 aliphatic carbocycles. The van der Waals surface area contributed by atoms with Crippen molar-refractivity contribution in [3.05, 3.63) is 22.5 Å². The molecule has 0 aliphatic rings. The Hall–Kier alpha value is -0.910. The number of hydrogen-bond donors (Lipinski definition) is 2. The van der Waals surface area contributed by atoms with Crippen molar-refractivity contribution in [3.8, 4) is 0 Å². The molecule has 1 unspecified atom stereocenters. The summed E-state index contributed by atoms with van der Waals surface area (Å²) in [7, 11) is 0. The molecule has 5 heteroatoms. The average Bonchev–Trinajstić information content (AvgIpc) is 2.68. The Kier molecular flexibility index (Phi) is 2.30. The largest absolute Gasteiger partial charge is 0.385 e. The maximum atomic E-state index is 9.51. The van der Waals surface area contributed by atoms with E-state index in [1.165, 1.54) is 10.6 Å². The minimum absolute atomic E-state index is 0.211. The molecule has 3 N–H and O–H groups in total. The van der Waals surface area contributed by atoms with Crippen LogP contribution in [0.2, 0.25) is 0 Å². The van der Waals surface area contributed by atoms with Crippen molar-refractivity contribution in [1.29, 1.82) is 0 Å². The van der Waals surface area contributed by atoms with Gasteiger partial charge in [-0.3, -0.25) is 4.40 Å². The van der Waals surface area contributed by atoms with Gasteiger partial charge in [0.1, 0.15) is 6.10 Å². The lowest BCUT2D eigenvalue weighted by atomic mass is 10.3. The van der Waals surface area contributed by atoms with Gasteiger partial charge in [-0.15, -0.1) is 11.3 Å². The minimum Gasteiger partial charge on any atom is -0.385 e. The van der Waals surface area contributed by atoms with Gasteiger partial charge in [0.25, 0.3) is 0 Å². The third-order valence-electron chi connectivity index (χ3n) is 2.37. The molecule has 2 aromatic rings. The van der Waals surface area contributed by atoms with Gasteiger partial charge in [-0.2, -0.15) is 0 Å². The predicted molar refractivity (Wildman–Crippen MR) is 56.6 cm³/mol. The van der Waals surface area contributed by atoms with Crippen molar-refractivity contribution >= 4 is 16.3 Å². The average molecular weight is 211 g/mol. The van der Waals surface area contributed by atoms with Gasteiger partial charge in [-0.25, -0.2) is 4.98 Å². The number of aliphatic hydroxyl groups excluding tert-OH is 1. The highest BCUT2D eigenvalue weighted by atomic mass is 32.1. The molecular weight excluding hydrogens is 198 g/mol. The Morgan fingerprint density at radius 3 is 2.93 bits per heavy atom. The van der Waals surface area contributed by atoms with Gasteiger partial charge >= 0.3 is 0 Å². The van der Waals surface area contributed by atoms with Crippen LogP contribution < -0.4 is 5.73 Å². The van der Waals surface area contributed by atoms with Gasteiger partial charge in [0.05, 0.1) is 5.69 Å². The van der Waals surface area contributed by atoms with E-state index in [1.54, 1.807) is 11.3 Å². The molecule has 0 aliphatic heterocycles. The Bertz CT molecular complexity index is 460. The quantitative estimate of drug-likeness (QED) is 0.779. The maximum absolute atomic E-state index is 9.51. The first-order valence-electron chi connectivity index (χ1n) is 4.46. The number of aromatic nitrogens is 2. The van der Waals surface area contributed by atoms with Gasteiger partial charge in [0.2, 0.25) is 0 Å². The number of nitrogens with two attached hydrogens (primary N) is 1. The second-order valence-corrected chi connectivity index (χ2v) is 4.50. The molecule has 2 aromatic heterocycles. The number of nitrogens with zero attached hydrogens (tertiary/aromatic N) is 2. The van der Waals surface area contributed by atoms with Crippen LogP contribution in [-0.2, 0) is 0 Å². The fourth-order valence-electron chi connectivity index (χ4n) is 1.35. The first kappa shape index (κ1) is 9.64. The van der Waals surface area contributed by atoms with Crippen LogP contribution in [-0.4, -0.2) is 21.0 Å². The number of rotatable bonds is 2. The van der Waals surface area contributed by atoms with Gasteiger partial charge in [0.15, 0.2) is 4.96 Å². The third-order valence-corrected chi connectivity index (χ3v) is 3.44. The summed E-state index contributed by atoms with van der Waals surface area (Å²) in [6, 6.07) is 0. The van der Waals surface area contributed by atoms with E-state index in [0.717, 1.165) is 4.96 Å². The Labute approximate surface area is 86.0 Å². The standard InChI is InChI=1S/C9H13N3OS/c1-5-6(2)14-9-11-7(4-12(5)9)8(13)3-10/h4,8,13H,3,10H2,1-2H3. The number of imidazole rings is 1. The third kappa shape index (κ3) is 1.33. The molecule has 0 fully saturated rings. The van der Waals surface area contributed by atoms with Crippen molar-refractivity contribution in [2.75, 3.05) is 6.54 Å². The minimum atomic E-state index is -0.651. The Morgan fingerprint density at radius 1 is 1.64 bits per heavy atom. The Balaban J connectivity index is 2.53. The SMILES string of the molecule is Cc1sc2nc(C(O)CN)cn2c1C. The summed E-state index contributed by atoms with van der Waals surface area (Å²) < 4.78 is 1.99. The van der Waals surface area contributed by atoms with E-state index in [0.29, 0.717) is 5.69 Å². The normalized spacial score (nSPS) is 13.7. The second kappa shape index (κ2) is 3.34. The Morgan fingerprint density at radius 2 is 2.36 bits per heavy atom. The zero-order valence-corrected chi connectivity index (χ0v) is 9.01. The summed E-state index contributed by atoms with van der Waals surface area (Å²) in [6.07, 6.45) is 1.20. The zero-order chi connectivity index (χ0) is 10.3. The molecule has 2 heterocycles. The van der Waals surface area contributed by atoms with Crippen LogP contribution >= 0.6 is 11.3 Å². The molecule has 2 rings (SSSR count). The van der Waals surface area contributed by atoms with Gasteiger partial charge in [0, 0.05) is 23.3 Å². The van der Waals surface area contributed by atoms with Crippen LogP contribution in [0.4, 0.5) is 0 Å². The van der Waals surface area contributed by atoms with Crippen LogP contribution in [0.3, 0.4) is 0 Å². The highest BCUT2D eigenvalue weighted by Crippen LogP contribution is 2.23. The fraction of sp³-hybridized carbons (Fsp3) is 0.444. The molecule has 4 nitrogen and oxygen atoms in total. The van der Waals surface area contributed by atoms with E-state index in [-0.39, 0.29) is 6.54 Å². The monoisotopic (exact) mass is 211 g/mol. The lowest BCUT2D eigenvalue weighted by molar-refractivity contribution is 0.182. The molecule has 0 amide bonds. The summed E-state index contributed by atoms with van der Waals surface area (Å²) in [6.45, 7) is 4.32.